The van der Waals surface area contributed by atoms with Crippen LogP contribution in [0.2, 0.25) is 0 Å². The quantitative estimate of drug-likeness (QED) is 0.723. The Kier molecular flexibility index (Phi) is 5.87. The van der Waals surface area contributed by atoms with Crippen LogP contribution >= 0.6 is 11.3 Å². The third-order valence-corrected chi connectivity index (χ3v) is 4.39. The van der Waals surface area contributed by atoms with Crippen LogP contribution in [0.5, 0.6) is 0 Å². The number of rotatable bonds is 8. The third kappa shape index (κ3) is 5.17. The minimum atomic E-state index is -0.815. The van der Waals surface area contributed by atoms with Gasteiger partial charge in [0, 0.05) is 24.3 Å². The SMILES string of the molecule is CC(=O)c1nc(NC(CCC(=O)O)Cc2ccccc2)sc1C. The smallest absolute Gasteiger partial charge is 0.303 e. The molecule has 1 heterocycles. The number of aromatic nitrogens is 1. The lowest BCUT2D eigenvalue weighted by Gasteiger charge is -2.17. The van der Waals surface area contributed by atoms with Crippen molar-refractivity contribution < 1.29 is 14.7 Å². The van der Waals surface area contributed by atoms with Gasteiger partial charge in [-0.2, -0.15) is 0 Å². The van der Waals surface area contributed by atoms with Crippen LogP contribution in [0, 0.1) is 6.92 Å². The number of benzene rings is 1. The van der Waals surface area contributed by atoms with E-state index in [0.717, 1.165) is 10.4 Å². The molecule has 0 fully saturated rings. The van der Waals surface area contributed by atoms with Crippen molar-refractivity contribution in [3.63, 3.8) is 0 Å². The van der Waals surface area contributed by atoms with Crippen LogP contribution < -0.4 is 5.32 Å². The maximum absolute atomic E-state index is 11.5. The van der Waals surface area contributed by atoms with E-state index in [9.17, 15) is 9.59 Å². The number of nitrogens with zero attached hydrogens (tertiary/aromatic N) is 1. The first-order valence-electron chi connectivity index (χ1n) is 7.46. The number of carbonyl (C=O) groups is 2. The molecule has 1 aromatic heterocycles. The van der Waals surface area contributed by atoms with Gasteiger partial charge in [0.2, 0.25) is 0 Å². The highest BCUT2D eigenvalue weighted by atomic mass is 32.1. The third-order valence-electron chi connectivity index (χ3n) is 3.49. The molecule has 0 amide bonds. The first-order valence-corrected chi connectivity index (χ1v) is 8.28. The number of carboxylic acid groups (broad SMARTS) is 1. The zero-order chi connectivity index (χ0) is 16.8. The van der Waals surface area contributed by atoms with Crippen molar-refractivity contribution in [2.24, 2.45) is 0 Å². The summed E-state index contributed by atoms with van der Waals surface area (Å²) in [7, 11) is 0. The van der Waals surface area contributed by atoms with E-state index in [1.54, 1.807) is 0 Å². The van der Waals surface area contributed by atoms with E-state index in [-0.39, 0.29) is 18.2 Å². The number of carbonyl (C=O) groups excluding carboxylic acids is 1. The van der Waals surface area contributed by atoms with E-state index < -0.39 is 5.97 Å². The van der Waals surface area contributed by atoms with E-state index in [1.165, 1.54) is 18.3 Å². The summed E-state index contributed by atoms with van der Waals surface area (Å²) in [5.74, 6) is -0.874. The van der Waals surface area contributed by atoms with Gasteiger partial charge in [-0.25, -0.2) is 4.98 Å². The van der Waals surface area contributed by atoms with Crippen molar-refractivity contribution in [3.05, 3.63) is 46.5 Å². The predicted octanol–water partition coefficient (Wildman–Crippen LogP) is 3.54. The molecule has 0 saturated heterocycles. The van der Waals surface area contributed by atoms with E-state index in [0.29, 0.717) is 23.7 Å². The van der Waals surface area contributed by atoms with E-state index in [2.05, 4.69) is 10.3 Å². The zero-order valence-corrected chi connectivity index (χ0v) is 14.0. The molecule has 0 aliphatic carbocycles. The molecule has 5 nitrogen and oxygen atoms in total. The Labute approximate surface area is 139 Å². The van der Waals surface area contributed by atoms with Crippen LogP contribution in [0.3, 0.4) is 0 Å². The summed E-state index contributed by atoms with van der Waals surface area (Å²) in [6, 6.07) is 9.87. The van der Waals surface area contributed by atoms with Gasteiger partial charge in [0.1, 0.15) is 5.69 Å². The lowest BCUT2D eigenvalue weighted by Crippen LogP contribution is -2.23. The van der Waals surface area contributed by atoms with Crippen molar-refractivity contribution in [1.82, 2.24) is 4.98 Å². The van der Waals surface area contributed by atoms with Crippen LogP contribution in [0.15, 0.2) is 30.3 Å². The summed E-state index contributed by atoms with van der Waals surface area (Å²) in [6.07, 6.45) is 1.30. The van der Waals surface area contributed by atoms with E-state index in [4.69, 9.17) is 5.11 Å². The van der Waals surface area contributed by atoms with Crippen LogP contribution in [0.4, 0.5) is 5.13 Å². The summed E-state index contributed by atoms with van der Waals surface area (Å²) in [5.41, 5.74) is 1.62. The van der Waals surface area contributed by atoms with Crippen LogP contribution in [0.25, 0.3) is 0 Å². The first-order chi connectivity index (χ1) is 11.0. The molecule has 2 aromatic rings. The van der Waals surface area contributed by atoms with Gasteiger partial charge >= 0.3 is 5.97 Å². The molecule has 6 heteroatoms. The molecule has 1 unspecified atom stereocenters. The first kappa shape index (κ1) is 17.1. The van der Waals surface area contributed by atoms with Gasteiger partial charge in [-0.1, -0.05) is 30.3 Å². The largest absolute Gasteiger partial charge is 0.481 e. The fourth-order valence-corrected chi connectivity index (χ4v) is 3.32. The van der Waals surface area contributed by atoms with Gasteiger partial charge in [0.05, 0.1) is 0 Å². The lowest BCUT2D eigenvalue weighted by atomic mass is 10.0. The molecule has 1 atom stereocenters. The normalized spacial score (nSPS) is 11.9. The Balaban J connectivity index is 2.11. The Hall–Kier alpha value is -2.21. The van der Waals surface area contributed by atoms with Gasteiger partial charge < -0.3 is 10.4 Å². The molecular weight excluding hydrogens is 312 g/mol. The molecular formula is C17H20N2O3S. The Morgan fingerprint density at radius 3 is 2.57 bits per heavy atom. The molecule has 2 rings (SSSR count). The fourth-order valence-electron chi connectivity index (χ4n) is 2.38. The summed E-state index contributed by atoms with van der Waals surface area (Å²) in [5, 5.41) is 12.9. The van der Waals surface area contributed by atoms with Crippen molar-refractivity contribution in [2.45, 2.75) is 39.2 Å². The van der Waals surface area contributed by atoms with Gasteiger partial charge in [-0.3, -0.25) is 9.59 Å². The van der Waals surface area contributed by atoms with Gasteiger partial charge in [0.15, 0.2) is 10.9 Å². The standard InChI is InChI=1S/C17H20N2O3S/c1-11(20)16-12(2)23-17(19-16)18-14(8-9-15(21)22)10-13-6-4-3-5-7-13/h3-7,14H,8-10H2,1-2H3,(H,18,19)(H,21,22). The maximum Gasteiger partial charge on any atom is 0.303 e. The van der Waals surface area contributed by atoms with Gasteiger partial charge in [-0.15, -0.1) is 11.3 Å². The number of carboxylic acids is 1. The Morgan fingerprint density at radius 1 is 1.30 bits per heavy atom. The number of anilines is 1. The number of nitrogens with one attached hydrogen (secondary N) is 1. The molecule has 1 aromatic carbocycles. The number of aryl methyl sites for hydroxylation is 1. The number of aliphatic carboxylic acids is 1. The number of hydrogen-bond acceptors (Lipinski definition) is 5. The second-order valence-corrected chi connectivity index (χ2v) is 6.65. The molecule has 122 valence electrons. The summed E-state index contributed by atoms with van der Waals surface area (Å²) in [6.45, 7) is 3.36. The molecule has 0 saturated carbocycles. The predicted molar refractivity (Wildman–Crippen MR) is 91.3 cm³/mol. The topological polar surface area (TPSA) is 79.3 Å². The highest BCUT2D eigenvalue weighted by Gasteiger charge is 2.16. The minimum Gasteiger partial charge on any atom is -0.481 e. The van der Waals surface area contributed by atoms with Crippen LogP contribution in [0.1, 0.15) is 40.7 Å². The van der Waals surface area contributed by atoms with Crippen molar-refractivity contribution >= 4 is 28.2 Å². The number of thiazole rings is 1. The molecule has 0 aliphatic rings. The average Bonchev–Trinajstić information content (AvgIpc) is 2.86. The summed E-state index contributed by atoms with van der Waals surface area (Å²) in [4.78, 5) is 27.6. The van der Waals surface area contributed by atoms with E-state index in [1.807, 2.05) is 37.3 Å². The van der Waals surface area contributed by atoms with Crippen molar-refractivity contribution in [3.8, 4) is 0 Å². The molecule has 0 bridgehead atoms. The molecule has 2 N–H and O–H groups in total. The van der Waals surface area contributed by atoms with Crippen LogP contribution in [-0.2, 0) is 11.2 Å². The zero-order valence-electron chi connectivity index (χ0n) is 13.2. The molecule has 0 radical (unpaired) electrons. The molecule has 0 spiro atoms. The van der Waals surface area contributed by atoms with Gasteiger partial charge in [0.25, 0.3) is 0 Å². The van der Waals surface area contributed by atoms with E-state index >= 15 is 0 Å². The number of hydrogen-bond donors (Lipinski definition) is 2. The Morgan fingerprint density at radius 2 is 2.00 bits per heavy atom. The molecule has 0 aliphatic heterocycles. The lowest BCUT2D eigenvalue weighted by molar-refractivity contribution is -0.137. The second-order valence-electron chi connectivity index (χ2n) is 5.44. The summed E-state index contributed by atoms with van der Waals surface area (Å²) >= 11 is 1.43. The minimum absolute atomic E-state index is 0.0427. The van der Waals surface area contributed by atoms with Crippen molar-refractivity contribution in [2.75, 3.05) is 5.32 Å². The Bertz CT molecular complexity index is 682. The highest BCUT2D eigenvalue weighted by molar-refractivity contribution is 7.15. The fraction of sp³-hybridized carbons (Fsp3) is 0.353. The number of Topliss-reactive ketones (excluding diaryl/α,β-unsaturated/α-hetero) is 1. The number of ketones is 1. The maximum atomic E-state index is 11.5. The molecule has 23 heavy (non-hydrogen) atoms. The average molecular weight is 332 g/mol. The highest BCUT2D eigenvalue weighted by Crippen LogP contribution is 2.24. The van der Waals surface area contributed by atoms with Crippen LogP contribution in [-0.4, -0.2) is 27.9 Å². The van der Waals surface area contributed by atoms with Crippen molar-refractivity contribution in [1.29, 1.82) is 0 Å². The monoisotopic (exact) mass is 332 g/mol. The van der Waals surface area contributed by atoms with Gasteiger partial charge in [-0.05, 0) is 25.3 Å². The second kappa shape index (κ2) is 7.87. The summed E-state index contributed by atoms with van der Waals surface area (Å²) < 4.78 is 0.